The fraction of sp³-hybridized carbons (Fsp3) is 0.455. The highest BCUT2D eigenvalue weighted by molar-refractivity contribution is 7.98. The van der Waals surface area contributed by atoms with E-state index in [2.05, 4.69) is 57.9 Å². The normalized spacial score (nSPS) is 16.7. The summed E-state index contributed by atoms with van der Waals surface area (Å²) in [6.07, 6.45) is 5.99. The minimum Gasteiger partial charge on any atom is -0.472 e. The van der Waals surface area contributed by atoms with Crippen LogP contribution in [0.25, 0.3) is 0 Å². The molecule has 0 saturated carbocycles. The quantitative estimate of drug-likeness (QED) is 0.489. The molecule has 0 spiro atoms. The number of thioether (sulfide) groups is 1. The van der Waals surface area contributed by atoms with E-state index in [4.69, 9.17) is 9.15 Å². The van der Waals surface area contributed by atoms with Gasteiger partial charge in [0.15, 0.2) is 5.16 Å². The van der Waals surface area contributed by atoms with Gasteiger partial charge in [-0.05, 0) is 44.0 Å². The van der Waals surface area contributed by atoms with E-state index in [0.717, 1.165) is 61.4 Å². The van der Waals surface area contributed by atoms with E-state index in [1.165, 1.54) is 11.1 Å². The summed E-state index contributed by atoms with van der Waals surface area (Å²) in [5.41, 5.74) is 3.81. The highest BCUT2D eigenvalue weighted by Crippen LogP contribution is 2.26. The molecule has 1 fully saturated rings. The molecular formula is C22H28N4O2S. The van der Waals surface area contributed by atoms with Crippen LogP contribution in [0.15, 0.2) is 52.4 Å². The maximum absolute atomic E-state index is 5.90. The number of hydrogen-bond donors (Lipinski definition) is 0. The first-order valence-corrected chi connectivity index (χ1v) is 11.1. The van der Waals surface area contributed by atoms with Gasteiger partial charge in [0, 0.05) is 24.5 Å². The zero-order valence-corrected chi connectivity index (χ0v) is 17.9. The molecule has 0 bridgehead atoms. The molecular weight excluding hydrogens is 384 g/mol. The Labute approximate surface area is 176 Å². The third kappa shape index (κ3) is 5.29. The Bertz CT molecular complexity index is 903. The molecule has 1 aliphatic heterocycles. The summed E-state index contributed by atoms with van der Waals surface area (Å²) in [4.78, 5) is 2.23. The summed E-state index contributed by atoms with van der Waals surface area (Å²) >= 11 is 1.75. The lowest BCUT2D eigenvalue weighted by Gasteiger charge is -2.18. The summed E-state index contributed by atoms with van der Waals surface area (Å²) in [6, 6.07) is 10.5. The van der Waals surface area contributed by atoms with Crippen molar-refractivity contribution >= 4 is 11.8 Å². The SMILES string of the molecule is Cc1ccccc1CSc1nnc(CN(C)Cc2ccoc2)n1CC1CCCO1. The first-order valence-electron chi connectivity index (χ1n) is 10.1. The Morgan fingerprint density at radius 2 is 2.10 bits per heavy atom. The Kier molecular flexibility index (Phi) is 6.69. The molecule has 1 unspecified atom stereocenters. The zero-order chi connectivity index (χ0) is 20.1. The van der Waals surface area contributed by atoms with Crippen molar-refractivity contribution in [1.29, 1.82) is 0 Å². The van der Waals surface area contributed by atoms with Crippen molar-refractivity contribution in [2.24, 2.45) is 0 Å². The van der Waals surface area contributed by atoms with Gasteiger partial charge in [0.2, 0.25) is 0 Å². The predicted octanol–water partition coefficient (Wildman–Crippen LogP) is 4.28. The molecule has 0 aliphatic carbocycles. The predicted molar refractivity (Wildman–Crippen MR) is 114 cm³/mol. The van der Waals surface area contributed by atoms with Gasteiger partial charge in [-0.15, -0.1) is 10.2 Å². The van der Waals surface area contributed by atoms with Crippen molar-refractivity contribution in [3.05, 3.63) is 65.4 Å². The molecule has 6 nitrogen and oxygen atoms in total. The number of ether oxygens (including phenoxy) is 1. The molecule has 1 atom stereocenters. The van der Waals surface area contributed by atoms with E-state index in [-0.39, 0.29) is 6.10 Å². The van der Waals surface area contributed by atoms with E-state index in [9.17, 15) is 0 Å². The number of hydrogen-bond acceptors (Lipinski definition) is 6. The van der Waals surface area contributed by atoms with Gasteiger partial charge >= 0.3 is 0 Å². The Hall–Kier alpha value is -2.09. The molecule has 0 radical (unpaired) electrons. The second-order valence-electron chi connectivity index (χ2n) is 7.66. The van der Waals surface area contributed by atoms with Crippen LogP contribution in [0.5, 0.6) is 0 Å². The molecule has 2 aromatic heterocycles. The molecule has 1 aromatic carbocycles. The van der Waals surface area contributed by atoms with E-state index in [0.29, 0.717) is 0 Å². The van der Waals surface area contributed by atoms with Crippen LogP contribution in [0, 0.1) is 6.92 Å². The van der Waals surface area contributed by atoms with Gasteiger partial charge in [0.05, 0.1) is 31.7 Å². The van der Waals surface area contributed by atoms with Crippen molar-refractivity contribution in [3.8, 4) is 0 Å². The highest BCUT2D eigenvalue weighted by atomic mass is 32.2. The summed E-state index contributed by atoms with van der Waals surface area (Å²) in [6.45, 7) is 5.38. The summed E-state index contributed by atoms with van der Waals surface area (Å²) in [7, 11) is 2.10. The number of nitrogens with zero attached hydrogens (tertiary/aromatic N) is 4. The fourth-order valence-electron chi connectivity index (χ4n) is 3.62. The Morgan fingerprint density at radius 1 is 1.21 bits per heavy atom. The van der Waals surface area contributed by atoms with Gasteiger partial charge in [0.25, 0.3) is 0 Å². The summed E-state index contributed by atoms with van der Waals surface area (Å²) in [5, 5.41) is 10.0. The molecule has 7 heteroatoms. The Morgan fingerprint density at radius 3 is 2.86 bits per heavy atom. The van der Waals surface area contributed by atoms with Crippen LogP contribution < -0.4 is 0 Å². The Balaban J connectivity index is 1.48. The van der Waals surface area contributed by atoms with Crippen LogP contribution in [0.3, 0.4) is 0 Å². The van der Waals surface area contributed by atoms with E-state index in [1.54, 1.807) is 24.3 Å². The second-order valence-corrected chi connectivity index (χ2v) is 8.61. The maximum atomic E-state index is 5.90. The van der Waals surface area contributed by atoms with Gasteiger partial charge < -0.3 is 13.7 Å². The second kappa shape index (κ2) is 9.61. The van der Waals surface area contributed by atoms with Gasteiger partial charge in [0.1, 0.15) is 5.82 Å². The van der Waals surface area contributed by atoms with Crippen LogP contribution in [-0.2, 0) is 30.1 Å². The van der Waals surface area contributed by atoms with Gasteiger partial charge in [-0.3, -0.25) is 4.90 Å². The van der Waals surface area contributed by atoms with Gasteiger partial charge in [-0.2, -0.15) is 0 Å². The van der Waals surface area contributed by atoms with Crippen LogP contribution in [0.4, 0.5) is 0 Å². The largest absolute Gasteiger partial charge is 0.472 e. The highest BCUT2D eigenvalue weighted by Gasteiger charge is 2.22. The monoisotopic (exact) mass is 412 g/mol. The molecule has 3 heterocycles. The molecule has 154 valence electrons. The van der Waals surface area contributed by atoms with Crippen LogP contribution in [0.1, 0.15) is 35.4 Å². The van der Waals surface area contributed by atoms with E-state index in [1.807, 2.05) is 6.07 Å². The van der Waals surface area contributed by atoms with Crippen molar-refractivity contribution in [3.63, 3.8) is 0 Å². The minimum absolute atomic E-state index is 0.252. The number of aromatic nitrogens is 3. The summed E-state index contributed by atoms with van der Waals surface area (Å²) < 4.78 is 13.3. The van der Waals surface area contributed by atoms with Crippen molar-refractivity contribution in [2.75, 3.05) is 13.7 Å². The van der Waals surface area contributed by atoms with Gasteiger partial charge in [-0.25, -0.2) is 0 Å². The third-order valence-electron chi connectivity index (χ3n) is 5.27. The lowest BCUT2D eigenvalue weighted by atomic mass is 10.1. The number of benzene rings is 1. The lowest BCUT2D eigenvalue weighted by Crippen LogP contribution is -2.23. The standard InChI is InChI=1S/C22H28N4O2S/c1-17-6-3-4-7-19(17)16-29-22-24-23-21(26(22)13-20-8-5-10-28-20)14-25(2)12-18-9-11-27-15-18/h3-4,6-7,9,11,15,20H,5,8,10,12-14,16H2,1-2H3. The van der Waals surface area contributed by atoms with Crippen LogP contribution in [0.2, 0.25) is 0 Å². The number of aryl methyl sites for hydroxylation is 1. The molecule has 1 saturated heterocycles. The molecule has 29 heavy (non-hydrogen) atoms. The molecule has 0 amide bonds. The van der Waals surface area contributed by atoms with Gasteiger partial charge in [-0.1, -0.05) is 36.0 Å². The average Bonchev–Trinajstić information content (AvgIpc) is 3.46. The van der Waals surface area contributed by atoms with Crippen molar-refractivity contribution in [2.45, 2.75) is 56.4 Å². The minimum atomic E-state index is 0.252. The van der Waals surface area contributed by atoms with E-state index >= 15 is 0 Å². The van der Waals surface area contributed by atoms with E-state index < -0.39 is 0 Å². The molecule has 3 aromatic rings. The first-order chi connectivity index (χ1) is 14.2. The number of rotatable bonds is 9. The van der Waals surface area contributed by atoms with Crippen LogP contribution >= 0.6 is 11.8 Å². The van der Waals surface area contributed by atoms with Crippen molar-refractivity contribution in [1.82, 2.24) is 19.7 Å². The smallest absolute Gasteiger partial charge is 0.191 e. The molecule has 0 N–H and O–H groups in total. The van der Waals surface area contributed by atoms with Crippen molar-refractivity contribution < 1.29 is 9.15 Å². The average molecular weight is 413 g/mol. The first kappa shape index (κ1) is 20.2. The maximum Gasteiger partial charge on any atom is 0.191 e. The summed E-state index contributed by atoms with van der Waals surface area (Å²) in [5.74, 6) is 1.88. The third-order valence-corrected chi connectivity index (χ3v) is 6.28. The van der Waals surface area contributed by atoms with Crippen LogP contribution in [-0.4, -0.2) is 39.4 Å². The number of furan rings is 1. The topological polar surface area (TPSA) is 56.3 Å². The molecule has 4 rings (SSSR count). The lowest BCUT2D eigenvalue weighted by molar-refractivity contribution is 0.0934. The zero-order valence-electron chi connectivity index (χ0n) is 17.1. The fourth-order valence-corrected chi connectivity index (χ4v) is 4.67. The molecule has 1 aliphatic rings.